The number of methoxy groups -OCH3 is 2. The van der Waals surface area contributed by atoms with Gasteiger partial charge in [0.2, 0.25) is 0 Å². The third-order valence-electron chi connectivity index (χ3n) is 4.58. The van der Waals surface area contributed by atoms with Crippen LogP contribution in [0.1, 0.15) is 15.9 Å². The van der Waals surface area contributed by atoms with E-state index in [1.807, 2.05) is 30.3 Å². The normalized spacial score (nSPS) is 14.0. The summed E-state index contributed by atoms with van der Waals surface area (Å²) in [7, 11) is 4.98. The third kappa shape index (κ3) is 4.49. The summed E-state index contributed by atoms with van der Waals surface area (Å²) in [4.78, 5) is 21.0. The number of carbonyl (C=O) groups excluding carboxylic acids is 1. The van der Waals surface area contributed by atoms with Gasteiger partial charge in [0.25, 0.3) is 5.91 Å². The minimum atomic E-state index is -0.0890. The van der Waals surface area contributed by atoms with Gasteiger partial charge < -0.3 is 24.0 Å². The molecule has 0 radical (unpaired) electrons. The van der Waals surface area contributed by atoms with Crippen LogP contribution in [0, 0.1) is 0 Å². The van der Waals surface area contributed by atoms with Gasteiger partial charge in [-0.3, -0.25) is 4.79 Å². The highest BCUT2D eigenvalue weighted by Crippen LogP contribution is 2.26. The van der Waals surface area contributed by atoms with Crippen LogP contribution in [0.4, 0.5) is 5.82 Å². The fourth-order valence-electron chi connectivity index (χ4n) is 3.02. The number of benzene rings is 1. The van der Waals surface area contributed by atoms with E-state index in [1.165, 1.54) is 0 Å². The molecule has 2 aromatic rings. The highest BCUT2D eigenvalue weighted by Gasteiger charge is 2.17. The van der Waals surface area contributed by atoms with Gasteiger partial charge in [0, 0.05) is 44.5 Å². The zero-order chi connectivity index (χ0) is 19.2. The van der Waals surface area contributed by atoms with Crippen LogP contribution < -0.4 is 14.4 Å². The molecule has 2 heterocycles. The number of aromatic nitrogens is 1. The maximum absolute atomic E-state index is 12.7. The number of rotatable bonds is 6. The number of anilines is 1. The van der Waals surface area contributed by atoms with Gasteiger partial charge in [-0.1, -0.05) is 0 Å². The predicted octanol–water partition coefficient (Wildman–Crippen LogP) is 2.21. The number of hydrogen-bond donors (Lipinski definition) is 0. The molecule has 1 aliphatic heterocycles. The molecular formula is C20H25N3O4. The minimum Gasteiger partial charge on any atom is -0.497 e. The summed E-state index contributed by atoms with van der Waals surface area (Å²) in [6.45, 7) is 3.47. The van der Waals surface area contributed by atoms with Crippen molar-refractivity contribution in [1.29, 1.82) is 0 Å². The van der Waals surface area contributed by atoms with Crippen molar-refractivity contribution in [1.82, 2.24) is 9.88 Å². The minimum absolute atomic E-state index is 0.0890. The van der Waals surface area contributed by atoms with Crippen LogP contribution in [0.5, 0.6) is 11.5 Å². The van der Waals surface area contributed by atoms with Crippen molar-refractivity contribution >= 4 is 11.7 Å². The average molecular weight is 371 g/mol. The van der Waals surface area contributed by atoms with E-state index in [9.17, 15) is 4.79 Å². The Hall–Kier alpha value is -2.80. The van der Waals surface area contributed by atoms with Crippen LogP contribution in [0.25, 0.3) is 0 Å². The van der Waals surface area contributed by atoms with Crippen LogP contribution in [-0.2, 0) is 11.3 Å². The molecule has 0 unspecified atom stereocenters. The lowest BCUT2D eigenvalue weighted by atomic mass is 10.1. The second-order valence-corrected chi connectivity index (χ2v) is 6.34. The van der Waals surface area contributed by atoms with E-state index in [2.05, 4.69) is 9.88 Å². The van der Waals surface area contributed by atoms with E-state index >= 15 is 0 Å². The quantitative estimate of drug-likeness (QED) is 0.776. The van der Waals surface area contributed by atoms with Gasteiger partial charge in [-0.25, -0.2) is 4.98 Å². The van der Waals surface area contributed by atoms with Crippen molar-refractivity contribution in [2.45, 2.75) is 6.54 Å². The van der Waals surface area contributed by atoms with E-state index in [1.54, 1.807) is 32.4 Å². The number of pyridine rings is 1. The number of nitrogens with zero attached hydrogens (tertiary/aromatic N) is 3. The lowest BCUT2D eigenvalue weighted by Crippen LogP contribution is -2.36. The van der Waals surface area contributed by atoms with E-state index in [0.29, 0.717) is 36.8 Å². The molecule has 1 fully saturated rings. The molecule has 0 aliphatic carbocycles. The maximum atomic E-state index is 12.7. The summed E-state index contributed by atoms with van der Waals surface area (Å²) in [5.74, 6) is 2.19. The maximum Gasteiger partial charge on any atom is 0.255 e. The Kier molecular flexibility index (Phi) is 6.13. The standard InChI is InChI=1S/C20H25N3O4/c1-22(14-16-4-6-17(25-2)12-18(16)26-3)20(24)15-5-7-19(21-13-15)23-8-10-27-11-9-23/h4-7,12-13H,8-11,14H2,1-3H3. The van der Waals surface area contributed by atoms with Gasteiger partial charge in [-0.05, 0) is 24.3 Å². The third-order valence-corrected chi connectivity index (χ3v) is 4.58. The summed E-state index contributed by atoms with van der Waals surface area (Å²) >= 11 is 0. The second kappa shape index (κ2) is 8.73. The fourth-order valence-corrected chi connectivity index (χ4v) is 3.02. The first-order valence-electron chi connectivity index (χ1n) is 8.87. The summed E-state index contributed by atoms with van der Waals surface area (Å²) in [6.07, 6.45) is 1.63. The number of carbonyl (C=O) groups is 1. The zero-order valence-corrected chi connectivity index (χ0v) is 16.0. The van der Waals surface area contributed by atoms with E-state index in [4.69, 9.17) is 14.2 Å². The van der Waals surface area contributed by atoms with Crippen molar-refractivity contribution in [3.8, 4) is 11.5 Å². The smallest absolute Gasteiger partial charge is 0.255 e. The number of hydrogen-bond acceptors (Lipinski definition) is 6. The van der Waals surface area contributed by atoms with E-state index < -0.39 is 0 Å². The Morgan fingerprint density at radius 1 is 1.19 bits per heavy atom. The summed E-state index contributed by atoms with van der Waals surface area (Å²) < 4.78 is 16.0. The molecule has 1 saturated heterocycles. The SMILES string of the molecule is COc1ccc(CN(C)C(=O)c2ccc(N3CCOCC3)nc2)c(OC)c1. The van der Waals surface area contributed by atoms with Crippen molar-refractivity contribution in [2.24, 2.45) is 0 Å². The average Bonchev–Trinajstić information content (AvgIpc) is 2.74. The van der Waals surface area contributed by atoms with Gasteiger partial charge in [0.15, 0.2) is 0 Å². The van der Waals surface area contributed by atoms with Crippen LogP contribution in [0.2, 0.25) is 0 Å². The Morgan fingerprint density at radius 3 is 2.59 bits per heavy atom. The summed E-state index contributed by atoms with van der Waals surface area (Å²) in [5.41, 5.74) is 1.47. The Morgan fingerprint density at radius 2 is 1.96 bits per heavy atom. The summed E-state index contributed by atoms with van der Waals surface area (Å²) in [6, 6.07) is 9.28. The topological polar surface area (TPSA) is 64.1 Å². The van der Waals surface area contributed by atoms with E-state index in [-0.39, 0.29) is 5.91 Å². The number of ether oxygens (including phenoxy) is 3. The van der Waals surface area contributed by atoms with Crippen LogP contribution in [-0.4, -0.2) is 63.4 Å². The van der Waals surface area contributed by atoms with Crippen molar-refractivity contribution < 1.29 is 19.0 Å². The van der Waals surface area contributed by atoms with Crippen LogP contribution in [0.3, 0.4) is 0 Å². The highest BCUT2D eigenvalue weighted by molar-refractivity contribution is 5.93. The lowest BCUT2D eigenvalue weighted by Gasteiger charge is -2.27. The van der Waals surface area contributed by atoms with Gasteiger partial charge in [-0.15, -0.1) is 0 Å². The van der Waals surface area contributed by atoms with Gasteiger partial charge in [0.1, 0.15) is 17.3 Å². The molecule has 1 aromatic carbocycles. The van der Waals surface area contributed by atoms with E-state index in [0.717, 1.165) is 24.5 Å². The first kappa shape index (κ1) is 19.0. The second-order valence-electron chi connectivity index (χ2n) is 6.34. The predicted molar refractivity (Wildman–Crippen MR) is 103 cm³/mol. The molecular weight excluding hydrogens is 346 g/mol. The van der Waals surface area contributed by atoms with Crippen molar-refractivity contribution in [3.05, 3.63) is 47.7 Å². The van der Waals surface area contributed by atoms with Crippen molar-refractivity contribution in [3.63, 3.8) is 0 Å². The van der Waals surface area contributed by atoms with Gasteiger partial charge in [-0.2, -0.15) is 0 Å². The Balaban J connectivity index is 1.68. The molecule has 0 bridgehead atoms. The molecule has 0 spiro atoms. The van der Waals surface area contributed by atoms with Crippen LogP contribution in [0.15, 0.2) is 36.5 Å². The zero-order valence-electron chi connectivity index (χ0n) is 16.0. The van der Waals surface area contributed by atoms with Gasteiger partial charge in [0.05, 0.1) is 33.0 Å². The van der Waals surface area contributed by atoms with Gasteiger partial charge >= 0.3 is 0 Å². The van der Waals surface area contributed by atoms with Crippen molar-refractivity contribution in [2.75, 3.05) is 52.5 Å². The molecule has 0 atom stereocenters. The largest absolute Gasteiger partial charge is 0.497 e. The molecule has 3 rings (SSSR count). The molecule has 1 amide bonds. The first-order chi connectivity index (χ1) is 13.1. The summed E-state index contributed by atoms with van der Waals surface area (Å²) in [5, 5.41) is 0. The number of morpholine rings is 1. The molecule has 144 valence electrons. The Bertz CT molecular complexity index is 773. The fraction of sp³-hybridized carbons (Fsp3) is 0.400. The first-order valence-corrected chi connectivity index (χ1v) is 8.87. The Labute approximate surface area is 159 Å². The molecule has 1 aromatic heterocycles. The molecule has 27 heavy (non-hydrogen) atoms. The highest BCUT2D eigenvalue weighted by atomic mass is 16.5. The molecule has 1 aliphatic rings. The number of amides is 1. The molecule has 0 N–H and O–H groups in total. The molecule has 7 heteroatoms. The van der Waals surface area contributed by atoms with Crippen LogP contribution >= 0.6 is 0 Å². The monoisotopic (exact) mass is 371 g/mol. The lowest BCUT2D eigenvalue weighted by molar-refractivity contribution is 0.0783. The molecule has 7 nitrogen and oxygen atoms in total. The molecule has 0 saturated carbocycles.